The molecule has 1 aliphatic rings. The summed E-state index contributed by atoms with van der Waals surface area (Å²) in [5.41, 5.74) is 1.62. The molecular weight excluding hydrogens is 456 g/mol. The van der Waals surface area contributed by atoms with Crippen molar-refractivity contribution < 1.29 is 20.1 Å². The number of piperidine rings is 1. The Morgan fingerprint density at radius 3 is 1.94 bits per heavy atom. The van der Waals surface area contributed by atoms with E-state index in [1.807, 2.05) is 0 Å². The number of aromatic hydroxyl groups is 2. The molecule has 0 spiro atoms. The van der Waals surface area contributed by atoms with Gasteiger partial charge in [-0.3, -0.25) is 0 Å². The van der Waals surface area contributed by atoms with Gasteiger partial charge in [0.25, 0.3) is 0 Å². The van der Waals surface area contributed by atoms with Crippen LogP contribution in [0.5, 0.6) is 11.5 Å². The smallest absolute Gasteiger partial charge is 0.335 e. The third-order valence-corrected chi connectivity index (χ3v) is 6.15. The highest BCUT2D eigenvalue weighted by atomic mass is 16.4. The maximum Gasteiger partial charge on any atom is 0.335 e. The Kier molecular flexibility index (Phi) is 7.97. The van der Waals surface area contributed by atoms with Gasteiger partial charge in [-0.2, -0.15) is 0 Å². The fourth-order valence-corrected chi connectivity index (χ4v) is 4.13. The molecule has 0 saturated carbocycles. The summed E-state index contributed by atoms with van der Waals surface area (Å²) in [6.45, 7) is 6.18. The normalized spacial score (nSPS) is 13.6. The van der Waals surface area contributed by atoms with Crippen LogP contribution in [0.1, 0.15) is 36.5 Å². The van der Waals surface area contributed by atoms with Gasteiger partial charge in [0.15, 0.2) is 11.6 Å². The van der Waals surface area contributed by atoms with E-state index in [-0.39, 0.29) is 22.9 Å². The summed E-state index contributed by atoms with van der Waals surface area (Å²) in [5.74, 6) is -0.328. The number of phenolic OH excluding ortho intramolecular Hbond substituents is 2. The van der Waals surface area contributed by atoms with Crippen molar-refractivity contribution in [3.63, 3.8) is 0 Å². The van der Waals surface area contributed by atoms with Crippen LogP contribution >= 0.6 is 0 Å². The predicted octanol–water partition coefficient (Wildman–Crippen LogP) is 5.20. The van der Waals surface area contributed by atoms with E-state index in [0.717, 1.165) is 0 Å². The number of aromatic nitrogens is 3. The molecule has 0 aliphatic carbocycles. The zero-order chi connectivity index (χ0) is 25.5. The zero-order valence-electron chi connectivity index (χ0n) is 20.2. The minimum atomic E-state index is -1.03. The second-order valence-electron chi connectivity index (χ2n) is 8.55. The number of likely N-dealkylation sites (tertiary alicyclic amines) is 1. The second-order valence-corrected chi connectivity index (χ2v) is 8.55. The molecule has 0 radical (unpaired) electrons. The lowest BCUT2D eigenvalue weighted by Gasteiger charge is -2.24. The maximum absolute atomic E-state index is 11.1. The SMILES string of the molecule is CCN1CCCCC1.O=C(O)c1ccc(-n2nc(-c3ccccc3O)nc2-c2ccccc2O)cc1. The Morgan fingerprint density at radius 2 is 1.42 bits per heavy atom. The maximum atomic E-state index is 11.1. The lowest BCUT2D eigenvalue weighted by Crippen LogP contribution is -2.29. The Balaban J connectivity index is 0.000000325. The molecule has 3 N–H and O–H groups in total. The van der Waals surface area contributed by atoms with E-state index in [1.54, 1.807) is 54.6 Å². The number of aromatic carboxylic acids is 1. The van der Waals surface area contributed by atoms with Crippen LogP contribution < -0.4 is 0 Å². The molecule has 3 aromatic carbocycles. The largest absolute Gasteiger partial charge is 0.507 e. The molecule has 1 saturated heterocycles. The van der Waals surface area contributed by atoms with Crippen LogP contribution in [0.15, 0.2) is 72.8 Å². The molecule has 1 aromatic heterocycles. The predicted molar refractivity (Wildman–Crippen MR) is 138 cm³/mol. The first-order chi connectivity index (χ1) is 17.5. The number of carboxylic acids is 1. The Morgan fingerprint density at radius 1 is 0.833 bits per heavy atom. The number of benzene rings is 3. The summed E-state index contributed by atoms with van der Waals surface area (Å²) in [6.07, 6.45) is 4.30. The number of carboxylic acid groups (broad SMARTS) is 1. The molecule has 8 heteroatoms. The van der Waals surface area contributed by atoms with Gasteiger partial charge in [0, 0.05) is 0 Å². The lowest BCUT2D eigenvalue weighted by atomic mass is 10.1. The van der Waals surface area contributed by atoms with Crippen molar-refractivity contribution in [2.45, 2.75) is 26.2 Å². The van der Waals surface area contributed by atoms with Crippen molar-refractivity contribution in [2.75, 3.05) is 19.6 Å². The Labute approximate surface area is 210 Å². The summed E-state index contributed by atoms with van der Waals surface area (Å²) in [7, 11) is 0. The first-order valence-electron chi connectivity index (χ1n) is 12.1. The minimum absolute atomic E-state index is 0.0298. The third kappa shape index (κ3) is 5.72. The highest BCUT2D eigenvalue weighted by Crippen LogP contribution is 2.33. The van der Waals surface area contributed by atoms with Crippen molar-refractivity contribution >= 4 is 5.97 Å². The molecule has 0 atom stereocenters. The van der Waals surface area contributed by atoms with Gasteiger partial charge in [0.05, 0.1) is 22.4 Å². The van der Waals surface area contributed by atoms with E-state index in [9.17, 15) is 15.0 Å². The van der Waals surface area contributed by atoms with Crippen molar-refractivity contribution in [3.05, 3.63) is 78.4 Å². The molecule has 5 rings (SSSR count). The van der Waals surface area contributed by atoms with Gasteiger partial charge < -0.3 is 20.2 Å². The molecule has 8 nitrogen and oxygen atoms in total. The standard InChI is InChI=1S/C21H15N3O4.C7H15N/c25-17-7-3-1-5-15(17)19-22-20(16-6-2-4-8-18(16)26)24(23-19)14-11-9-13(10-12-14)21(27)28;1-2-8-6-4-3-5-7-8/h1-12,25-26H,(H,27,28);2-7H2,1H3. The van der Waals surface area contributed by atoms with Crippen LogP contribution in [0.2, 0.25) is 0 Å². The van der Waals surface area contributed by atoms with E-state index in [2.05, 4.69) is 21.9 Å². The average Bonchev–Trinajstić information content (AvgIpc) is 3.35. The van der Waals surface area contributed by atoms with Gasteiger partial charge in [-0.1, -0.05) is 37.6 Å². The number of nitrogens with zero attached hydrogens (tertiary/aromatic N) is 4. The van der Waals surface area contributed by atoms with Crippen LogP contribution in [0.3, 0.4) is 0 Å². The number of hydrogen-bond donors (Lipinski definition) is 3. The summed E-state index contributed by atoms with van der Waals surface area (Å²) in [4.78, 5) is 18.2. The van der Waals surface area contributed by atoms with Gasteiger partial charge in [-0.15, -0.1) is 5.10 Å². The molecule has 186 valence electrons. The topological polar surface area (TPSA) is 112 Å². The quantitative estimate of drug-likeness (QED) is 0.355. The van der Waals surface area contributed by atoms with Crippen molar-refractivity contribution in [3.8, 4) is 40.0 Å². The van der Waals surface area contributed by atoms with E-state index in [4.69, 9.17) is 5.11 Å². The average molecular weight is 487 g/mol. The molecule has 0 unspecified atom stereocenters. The second kappa shape index (κ2) is 11.5. The number of phenols is 2. The monoisotopic (exact) mass is 486 g/mol. The highest BCUT2D eigenvalue weighted by Gasteiger charge is 2.19. The lowest BCUT2D eigenvalue weighted by molar-refractivity contribution is 0.0697. The van der Waals surface area contributed by atoms with Gasteiger partial charge >= 0.3 is 5.97 Å². The molecule has 0 amide bonds. The van der Waals surface area contributed by atoms with Crippen molar-refractivity contribution in [1.29, 1.82) is 0 Å². The van der Waals surface area contributed by atoms with E-state index < -0.39 is 5.97 Å². The van der Waals surface area contributed by atoms with Crippen LogP contribution in [-0.2, 0) is 0 Å². The minimum Gasteiger partial charge on any atom is -0.507 e. The molecular formula is C28H30N4O4. The summed E-state index contributed by atoms with van der Waals surface area (Å²) in [5, 5.41) is 34.0. The zero-order valence-corrected chi connectivity index (χ0v) is 20.2. The fraction of sp³-hybridized carbons (Fsp3) is 0.250. The van der Waals surface area contributed by atoms with Crippen LogP contribution in [0.4, 0.5) is 0 Å². The van der Waals surface area contributed by atoms with Crippen LogP contribution in [-0.4, -0.2) is 60.6 Å². The van der Waals surface area contributed by atoms with Crippen molar-refractivity contribution in [1.82, 2.24) is 19.7 Å². The van der Waals surface area contributed by atoms with E-state index >= 15 is 0 Å². The van der Waals surface area contributed by atoms with Crippen molar-refractivity contribution in [2.24, 2.45) is 0 Å². The van der Waals surface area contributed by atoms with Crippen LogP contribution in [0.25, 0.3) is 28.5 Å². The van der Waals surface area contributed by atoms with Gasteiger partial charge in [-0.25, -0.2) is 14.5 Å². The van der Waals surface area contributed by atoms with E-state index in [1.165, 1.54) is 61.8 Å². The first kappa shape index (κ1) is 24.9. The van der Waals surface area contributed by atoms with Gasteiger partial charge in [0.2, 0.25) is 0 Å². The number of carbonyl (C=O) groups is 1. The first-order valence-corrected chi connectivity index (χ1v) is 12.1. The van der Waals surface area contributed by atoms with Gasteiger partial charge in [-0.05, 0) is 81.0 Å². The fourth-order valence-electron chi connectivity index (χ4n) is 4.13. The molecule has 36 heavy (non-hydrogen) atoms. The molecule has 1 fully saturated rings. The number of rotatable bonds is 5. The molecule has 0 bridgehead atoms. The molecule has 4 aromatic rings. The number of hydrogen-bond acceptors (Lipinski definition) is 6. The van der Waals surface area contributed by atoms with Crippen LogP contribution in [0, 0.1) is 0 Å². The Hall–Kier alpha value is -4.17. The Bertz CT molecular complexity index is 1310. The highest BCUT2D eigenvalue weighted by molar-refractivity contribution is 5.87. The molecule has 1 aliphatic heterocycles. The molecule has 2 heterocycles. The summed E-state index contributed by atoms with van der Waals surface area (Å²) < 4.78 is 1.50. The van der Waals surface area contributed by atoms with E-state index in [0.29, 0.717) is 22.6 Å². The number of para-hydroxylation sites is 2. The summed E-state index contributed by atoms with van der Waals surface area (Å²) >= 11 is 0. The van der Waals surface area contributed by atoms with Gasteiger partial charge in [0.1, 0.15) is 11.5 Å². The third-order valence-electron chi connectivity index (χ3n) is 6.15. The summed E-state index contributed by atoms with van der Waals surface area (Å²) in [6, 6.07) is 19.5.